The van der Waals surface area contributed by atoms with E-state index in [0.717, 1.165) is 42.4 Å². The zero-order chi connectivity index (χ0) is 29.3. The van der Waals surface area contributed by atoms with Crippen LogP contribution in [0, 0.1) is 5.92 Å². The minimum Gasteiger partial charge on any atom is -0.353 e. The average molecular weight is 627 g/mol. The topological polar surface area (TPSA) is 69.7 Å². The summed E-state index contributed by atoms with van der Waals surface area (Å²) in [6.45, 7) is 3.66. The highest BCUT2D eigenvalue weighted by molar-refractivity contribution is 7.92. The Balaban J connectivity index is 1.22. The minimum absolute atomic E-state index is 0.0147. The van der Waals surface area contributed by atoms with Gasteiger partial charge in [0.1, 0.15) is 0 Å². The molecule has 1 aliphatic carbocycles. The van der Waals surface area contributed by atoms with Crippen molar-refractivity contribution in [2.75, 3.05) is 23.9 Å². The van der Waals surface area contributed by atoms with Gasteiger partial charge in [-0.1, -0.05) is 65.7 Å². The summed E-state index contributed by atoms with van der Waals surface area (Å²) in [5.74, 6) is 0.580. The van der Waals surface area contributed by atoms with E-state index in [1.165, 1.54) is 61.4 Å². The zero-order valence-corrected chi connectivity index (χ0v) is 26.0. The Morgan fingerprint density at radius 3 is 2.29 bits per heavy atom. The number of hydrogen-bond acceptors (Lipinski definition) is 4. The number of para-hydroxylation sites is 1. The van der Waals surface area contributed by atoms with Crippen molar-refractivity contribution in [3.8, 4) is 11.1 Å². The Bertz CT molecular complexity index is 1550. The molecule has 9 heteroatoms. The first-order valence-corrected chi connectivity index (χ1v) is 17.2. The van der Waals surface area contributed by atoms with Gasteiger partial charge in [-0.2, -0.15) is 0 Å². The second kappa shape index (κ2) is 12.6. The molecule has 0 spiro atoms. The Hall–Kier alpha value is -2.58. The Morgan fingerprint density at radius 1 is 0.857 bits per heavy atom. The molecule has 2 fully saturated rings. The lowest BCUT2D eigenvalue weighted by Crippen LogP contribution is -2.43. The zero-order valence-electron chi connectivity index (χ0n) is 23.6. The number of sulfonamides is 1. The molecule has 1 saturated carbocycles. The number of likely N-dealkylation sites (tertiary alicyclic amines) is 1. The molecular weight excluding hydrogens is 589 g/mol. The van der Waals surface area contributed by atoms with E-state index in [9.17, 15) is 13.2 Å². The third-order valence-electron chi connectivity index (χ3n) is 9.13. The van der Waals surface area contributed by atoms with Gasteiger partial charge in [-0.25, -0.2) is 8.42 Å². The van der Waals surface area contributed by atoms with Crippen molar-refractivity contribution in [1.29, 1.82) is 0 Å². The lowest BCUT2D eigenvalue weighted by Gasteiger charge is -2.39. The predicted octanol–water partition coefficient (Wildman–Crippen LogP) is 7.46. The van der Waals surface area contributed by atoms with Crippen LogP contribution in [-0.4, -0.2) is 44.9 Å². The van der Waals surface area contributed by atoms with E-state index in [2.05, 4.69) is 10.2 Å². The minimum atomic E-state index is -4.10. The molecule has 1 amide bonds. The van der Waals surface area contributed by atoms with Crippen LogP contribution in [0.25, 0.3) is 11.1 Å². The van der Waals surface area contributed by atoms with Crippen LogP contribution < -0.4 is 9.62 Å². The molecule has 1 unspecified atom stereocenters. The summed E-state index contributed by atoms with van der Waals surface area (Å²) in [6, 6.07) is 18.9. The number of carbonyl (C=O) groups excluding carboxylic acids is 1. The molecule has 6 nitrogen and oxygen atoms in total. The summed E-state index contributed by atoms with van der Waals surface area (Å²) in [4.78, 5) is 16.2. The normalized spacial score (nSPS) is 22.4. The monoisotopic (exact) mass is 625 g/mol. The van der Waals surface area contributed by atoms with Gasteiger partial charge in [-0.05, 0) is 106 Å². The number of amides is 1. The summed E-state index contributed by atoms with van der Waals surface area (Å²) >= 11 is 12.4. The van der Waals surface area contributed by atoms with Crippen molar-refractivity contribution in [3.05, 3.63) is 82.3 Å². The number of carbonyl (C=O) groups is 1. The highest BCUT2D eigenvalue weighted by Gasteiger charge is 2.40. The molecule has 0 radical (unpaired) electrons. The number of benzene rings is 3. The molecular formula is C33H37Cl2N3O3S. The molecule has 1 atom stereocenters. The molecule has 6 rings (SSSR count). The fourth-order valence-electron chi connectivity index (χ4n) is 6.89. The van der Waals surface area contributed by atoms with E-state index >= 15 is 0 Å². The van der Waals surface area contributed by atoms with Gasteiger partial charge in [0.15, 0.2) is 0 Å². The number of fused-ring (bicyclic) bond motifs is 3. The van der Waals surface area contributed by atoms with E-state index in [1.807, 2.05) is 42.5 Å². The number of rotatable bonds is 8. The van der Waals surface area contributed by atoms with Crippen LogP contribution >= 0.6 is 23.2 Å². The van der Waals surface area contributed by atoms with Crippen LogP contribution in [0.15, 0.2) is 71.6 Å². The fourth-order valence-corrected chi connectivity index (χ4v) is 8.93. The van der Waals surface area contributed by atoms with Crippen LogP contribution in [-0.2, 0) is 14.8 Å². The Labute approximate surface area is 259 Å². The van der Waals surface area contributed by atoms with Crippen molar-refractivity contribution >= 4 is 44.8 Å². The van der Waals surface area contributed by atoms with E-state index in [4.69, 9.17) is 23.2 Å². The smallest absolute Gasteiger partial charge is 0.264 e. The summed E-state index contributed by atoms with van der Waals surface area (Å²) in [6.07, 6.45) is 8.06. The molecule has 2 heterocycles. The average Bonchev–Trinajstić information content (AvgIpc) is 3.52. The van der Waals surface area contributed by atoms with Crippen LogP contribution in [0.3, 0.4) is 0 Å². The molecule has 2 aliphatic heterocycles. The molecule has 1 N–H and O–H groups in total. The van der Waals surface area contributed by atoms with Gasteiger partial charge in [0.05, 0.1) is 33.1 Å². The van der Waals surface area contributed by atoms with Gasteiger partial charge in [0.2, 0.25) is 5.91 Å². The third kappa shape index (κ3) is 6.07. The highest BCUT2D eigenvalue weighted by atomic mass is 35.5. The second-order valence-corrected chi connectivity index (χ2v) is 14.5. The van der Waals surface area contributed by atoms with E-state index in [-0.39, 0.29) is 33.3 Å². The maximum atomic E-state index is 14.3. The molecule has 0 bridgehead atoms. The highest BCUT2D eigenvalue weighted by Crippen LogP contribution is 2.48. The number of anilines is 1. The van der Waals surface area contributed by atoms with Crippen molar-refractivity contribution in [3.63, 3.8) is 0 Å². The quantitative estimate of drug-likeness (QED) is 0.282. The first-order chi connectivity index (χ1) is 20.3. The lowest BCUT2D eigenvalue weighted by molar-refractivity contribution is -0.122. The van der Waals surface area contributed by atoms with Crippen molar-refractivity contribution < 1.29 is 13.2 Å². The lowest BCUT2D eigenvalue weighted by atomic mass is 9.83. The van der Waals surface area contributed by atoms with Crippen molar-refractivity contribution in [2.24, 2.45) is 5.92 Å². The molecule has 3 aromatic rings. The first kappa shape index (κ1) is 29.5. The first-order valence-electron chi connectivity index (χ1n) is 15.0. The third-order valence-corrected chi connectivity index (χ3v) is 11.7. The van der Waals surface area contributed by atoms with Crippen molar-refractivity contribution in [1.82, 2.24) is 10.2 Å². The molecule has 1 saturated heterocycles. The van der Waals surface area contributed by atoms with E-state index in [1.54, 1.807) is 6.07 Å². The van der Waals surface area contributed by atoms with E-state index in [0.29, 0.717) is 11.6 Å². The van der Waals surface area contributed by atoms with Crippen LogP contribution in [0.5, 0.6) is 0 Å². The standard InChI is InChI=1S/C33H37Cl2N3O3S/c34-29-16-15-25(21-30(29)35)42(40,41)38-31-10-4-3-8-27(31)26-7-1-2-9-28(26)32(38)22-33(39)36-24-13-11-23(12-14-24)17-20-37-18-5-6-19-37/h1-4,7-10,15-16,21,23-24,32H,5-6,11-14,17-20,22H2,(H,36,39)/t23-,24-,32?. The Morgan fingerprint density at radius 2 is 1.55 bits per heavy atom. The largest absolute Gasteiger partial charge is 0.353 e. The second-order valence-electron chi connectivity index (χ2n) is 11.8. The molecule has 42 heavy (non-hydrogen) atoms. The summed E-state index contributed by atoms with van der Waals surface area (Å²) in [5.41, 5.74) is 3.09. The van der Waals surface area contributed by atoms with Gasteiger partial charge in [-0.15, -0.1) is 0 Å². The maximum absolute atomic E-state index is 14.3. The molecule has 3 aromatic carbocycles. The van der Waals surface area contributed by atoms with E-state index < -0.39 is 16.1 Å². The van der Waals surface area contributed by atoms with Gasteiger partial charge < -0.3 is 10.2 Å². The molecule has 222 valence electrons. The van der Waals surface area contributed by atoms with Crippen LogP contribution in [0.2, 0.25) is 10.0 Å². The number of hydrogen-bond donors (Lipinski definition) is 1. The SMILES string of the molecule is O=C(CC1c2ccccc2-c2ccccc2N1S(=O)(=O)c1ccc(Cl)c(Cl)c1)N[C@H]1CC[C@H](CCN2CCCC2)CC1. The molecule has 3 aliphatic rings. The summed E-state index contributed by atoms with van der Waals surface area (Å²) < 4.78 is 30.0. The fraction of sp³-hybridized carbons (Fsp3) is 0.424. The number of nitrogens with one attached hydrogen (secondary N) is 1. The predicted molar refractivity (Wildman–Crippen MR) is 170 cm³/mol. The molecule has 0 aromatic heterocycles. The number of nitrogens with zero attached hydrogens (tertiary/aromatic N) is 2. The van der Waals surface area contributed by atoms with Crippen molar-refractivity contribution in [2.45, 2.75) is 68.3 Å². The summed E-state index contributed by atoms with van der Waals surface area (Å²) in [7, 11) is -4.10. The van der Waals surface area contributed by atoms with Crippen LogP contribution in [0.4, 0.5) is 5.69 Å². The Kier molecular flexibility index (Phi) is 8.83. The van der Waals surface area contributed by atoms with Gasteiger partial charge in [0, 0.05) is 11.6 Å². The maximum Gasteiger partial charge on any atom is 0.264 e. The van der Waals surface area contributed by atoms with Gasteiger partial charge in [0.25, 0.3) is 10.0 Å². The summed E-state index contributed by atoms with van der Waals surface area (Å²) in [5, 5.41) is 3.70. The number of halogens is 2. The van der Waals surface area contributed by atoms with Gasteiger partial charge >= 0.3 is 0 Å². The van der Waals surface area contributed by atoms with Crippen LogP contribution in [0.1, 0.15) is 63.0 Å². The van der Waals surface area contributed by atoms with Gasteiger partial charge in [-0.3, -0.25) is 9.10 Å².